The van der Waals surface area contributed by atoms with Crippen LogP contribution in [0.5, 0.6) is 0 Å². The van der Waals surface area contributed by atoms with Gasteiger partial charge in [0, 0.05) is 23.7 Å². The number of aliphatic imine (C=N–C) groups is 1. The zero-order chi connectivity index (χ0) is 19.1. The van der Waals surface area contributed by atoms with Gasteiger partial charge in [-0.1, -0.05) is 39.0 Å². The van der Waals surface area contributed by atoms with Crippen molar-refractivity contribution in [3.8, 4) is 0 Å². The van der Waals surface area contributed by atoms with Gasteiger partial charge in [0.1, 0.15) is 11.5 Å². The van der Waals surface area contributed by atoms with E-state index in [1.165, 1.54) is 49.8 Å². The molecule has 27 heavy (non-hydrogen) atoms. The first kappa shape index (κ1) is 19.3. The highest BCUT2D eigenvalue weighted by Crippen LogP contribution is 2.25. The minimum Gasteiger partial charge on any atom is -0.494 e. The Morgan fingerprint density at radius 2 is 1.96 bits per heavy atom. The first-order valence-corrected chi connectivity index (χ1v) is 10.1. The number of aromatic nitrogens is 2. The van der Waals surface area contributed by atoms with Crippen molar-refractivity contribution in [2.24, 2.45) is 4.99 Å². The average Bonchev–Trinajstić information content (AvgIpc) is 3.38. The van der Waals surface area contributed by atoms with E-state index in [0.29, 0.717) is 0 Å². The zero-order valence-corrected chi connectivity index (χ0v) is 16.8. The second kappa shape index (κ2) is 9.45. The van der Waals surface area contributed by atoms with Crippen LogP contribution >= 0.6 is 0 Å². The van der Waals surface area contributed by atoms with Gasteiger partial charge in [0.25, 0.3) is 0 Å². The zero-order valence-electron chi connectivity index (χ0n) is 16.8. The Hall–Kier alpha value is -2.49. The monoisotopic (exact) mass is 365 g/mol. The lowest BCUT2D eigenvalue weighted by Crippen LogP contribution is -1.93. The van der Waals surface area contributed by atoms with Crippen LogP contribution in [0.1, 0.15) is 68.1 Å². The number of H-pyrrole nitrogens is 2. The number of hydrogen-bond donors (Lipinski definition) is 2. The minimum atomic E-state index is 0.796. The van der Waals surface area contributed by atoms with Crippen LogP contribution in [0.2, 0.25) is 0 Å². The van der Waals surface area contributed by atoms with Gasteiger partial charge < -0.3 is 14.7 Å². The number of unbranched alkanes of at least 4 members (excludes halogenated alkanes) is 5. The summed E-state index contributed by atoms with van der Waals surface area (Å²) in [4.78, 5) is 11.4. The Morgan fingerprint density at radius 1 is 1.15 bits per heavy atom. The van der Waals surface area contributed by atoms with Crippen molar-refractivity contribution in [1.29, 1.82) is 0 Å². The number of nitrogens with zero attached hydrogens (tertiary/aromatic N) is 1. The molecule has 4 heteroatoms. The van der Waals surface area contributed by atoms with Gasteiger partial charge in [-0.25, -0.2) is 4.99 Å². The summed E-state index contributed by atoms with van der Waals surface area (Å²) < 4.78 is 5.52. The summed E-state index contributed by atoms with van der Waals surface area (Å²) in [5.74, 6) is 0.796. The van der Waals surface area contributed by atoms with Crippen molar-refractivity contribution in [1.82, 2.24) is 9.97 Å². The molecular formula is C23H31N3O. The van der Waals surface area contributed by atoms with Crippen LogP contribution in [0.4, 0.5) is 0 Å². The van der Waals surface area contributed by atoms with Gasteiger partial charge in [-0.3, -0.25) is 0 Å². The Balaban J connectivity index is 1.65. The molecule has 2 N–H and O–H groups in total. The molecule has 0 amide bonds. The molecule has 0 unspecified atom stereocenters. The number of nitrogens with one attached hydrogen (secondary N) is 2. The minimum absolute atomic E-state index is 0.796. The molecule has 0 fully saturated rings. The third-order valence-corrected chi connectivity index (χ3v) is 5.09. The summed E-state index contributed by atoms with van der Waals surface area (Å²) in [6.07, 6.45) is 15.1. The fraction of sp³-hybridized carbons (Fsp3) is 0.435. The van der Waals surface area contributed by atoms with E-state index >= 15 is 0 Å². The van der Waals surface area contributed by atoms with Gasteiger partial charge in [-0.2, -0.15) is 0 Å². The van der Waals surface area contributed by atoms with Gasteiger partial charge in [0.2, 0.25) is 0 Å². The van der Waals surface area contributed by atoms with Crippen molar-refractivity contribution < 1.29 is 4.74 Å². The molecule has 0 atom stereocenters. The van der Waals surface area contributed by atoms with Crippen molar-refractivity contribution in [3.05, 3.63) is 64.6 Å². The number of rotatable bonds is 10. The van der Waals surface area contributed by atoms with E-state index in [1.54, 1.807) is 7.11 Å². The van der Waals surface area contributed by atoms with E-state index in [-0.39, 0.29) is 0 Å². The fourth-order valence-electron chi connectivity index (χ4n) is 3.52. The number of aromatic amines is 2. The van der Waals surface area contributed by atoms with Gasteiger partial charge in [-0.15, -0.1) is 0 Å². The number of allylic oxidation sites excluding steroid dienone is 1. The highest BCUT2D eigenvalue weighted by Gasteiger charge is 2.17. The van der Waals surface area contributed by atoms with E-state index in [4.69, 9.17) is 9.73 Å². The van der Waals surface area contributed by atoms with E-state index in [0.717, 1.165) is 35.0 Å². The smallest absolute Gasteiger partial charge is 0.146 e. The van der Waals surface area contributed by atoms with Crippen LogP contribution in [0, 0.1) is 6.92 Å². The number of aryl methyl sites for hydroxylation is 2. The number of hydrogen-bond acceptors (Lipinski definition) is 2. The van der Waals surface area contributed by atoms with Gasteiger partial charge in [0.05, 0.1) is 18.5 Å². The molecule has 2 aromatic heterocycles. The summed E-state index contributed by atoms with van der Waals surface area (Å²) >= 11 is 0. The molecule has 0 radical (unpaired) electrons. The van der Waals surface area contributed by atoms with Crippen LogP contribution in [0.3, 0.4) is 0 Å². The highest BCUT2D eigenvalue weighted by molar-refractivity contribution is 6.11. The third kappa shape index (κ3) is 5.03. The highest BCUT2D eigenvalue weighted by atomic mass is 16.5. The van der Waals surface area contributed by atoms with Crippen molar-refractivity contribution in [2.75, 3.05) is 7.11 Å². The summed E-state index contributed by atoms with van der Waals surface area (Å²) in [7, 11) is 1.69. The maximum atomic E-state index is 5.52. The lowest BCUT2D eigenvalue weighted by Gasteiger charge is -2.01. The quantitative estimate of drug-likeness (QED) is 0.504. The maximum absolute atomic E-state index is 5.52. The lowest BCUT2D eigenvalue weighted by atomic mass is 10.1. The van der Waals surface area contributed by atoms with Gasteiger partial charge in [0.15, 0.2) is 0 Å². The summed E-state index contributed by atoms with van der Waals surface area (Å²) in [6, 6.07) is 6.25. The molecule has 0 aromatic carbocycles. The SMILES string of the molecule is CCCCCCCCc1cc(/C=C2\N=C(c3ccc[nH]3)C=C2OC)[nH]c1C. The Labute approximate surface area is 162 Å². The summed E-state index contributed by atoms with van der Waals surface area (Å²) in [6.45, 7) is 4.42. The molecular weight excluding hydrogens is 334 g/mol. The van der Waals surface area contributed by atoms with E-state index in [9.17, 15) is 0 Å². The number of ether oxygens (including phenoxy) is 1. The molecule has 0 bridgehead atoms. The first-order chi connectivity index (χ1) is 13.2. The molecule has 4 nitrogen and oxygen atoms in total. The van der Waals surface area contributed by atoms with E-state index in [1.807, 2.05) is 24.4 Å². The molecule has 2 aromatic rings. The normalized spacial score (nSPS) is 15.3. The van der Waals surface area contributed by atoms with E-state index in [2.05, 4.69) is 36.0 Å². The Kier molecular flexibility index (Phi) is 6.74. The Bertz CT molecular complexity index is 822. The topological polar surface area (TPSA) is 53.2 Å². The van der Waals surface area contributed by atoms with Crippen LogP contribution in [0.25, 0.3) is 6.08 Å². The van der Waals surface area contributed by atoms with Gasteiger partial charge >= 0.3 is 0 Å². The molecule has 0 saturated carbocycles. The number of methoxy groups -OCH3 is 1. The second-order valence-corrected chi connectivity index (χ2v) is 7.22. The molecule has 3 rings (SSSR count). The van der Waals surface area contributed by atoms with Crippen molar-refractivity contribution >= 4 is 11.8 Å². The van der Waals surface area contributed by atoms with Crippen molar-refractivity contribution in [3.63, 3.8) is 0 Å². The van der Waals surface area contributed by atoms with Crippen LogP contribution in [-0.2, 0) is 11.2 Å². The molecule has 0 aliphatic carbocycles. The van der Waals surface area contributed by atoms with Crippen LogP contribution < -0.4 is 0 Å². The maximum Gasteiger partial charge on any atom is 0.146 e. The molecule has 0 saturated heterocycles. The van der Waals surface area contributed by atoms with Crippen molar-refractivity contribution in [2.45, 2.75) is 58.8 Å². The summed E-state index contributed by atoms with van der Waals surface area (Å²) in [5.41, 5.74) is 6.51. The predicted molar refractivity (Wildman–Crippen MR) is 113 cm³/mol. The average molecular weight is 366 g/mol. The van der Waals surface area contributed by atoms with Crippen LogP contribution in [-0.4, -0.2) is 22.8 Å². The molecule has 1 aliphatic heterocycles. The molecule has 1 aliphatic rings. The van der Waals surface area contributed by atoms with Gasteiger partial charge in [-0.05, 0) is 49.6 Å². The van der Waals surface area contributed by atoms with Crippen LogP contribution in [0.15, 0.2) is 46.9 Å². The standard InChI is InChI=1S/C23H31N3O/c1-4-5-6-7-8-9-11-18-14-19(25-17(18)2)15-22-23(27-3)16-21(26-22)20-12-10-13-24-20/h10,12-16,24-25H,4-9,11H2,1-3H3/b22-15-. The lowest BCUT2D eigenvalue weighted by molar-refractivity contribution is 0.303. The summed E-state index contributed by atoms with van der Waals surface area (Å²) in [5, 5.41) is 0. The third-order valence-electron chi connectivity index (χ3n) is 5.09. The second-order valence-electron chi connectivity index (χ2n) is 7.22. The first-order valence-electron chi connectivity index (χ1n) is 10.1. The largest absolute Gasteiger partial charge is 0.494 e. The fourth-order valence-corrected chi connectivity index (χ4v) is 3.52. The Morgan fingerprint density at radius 3 is 2.70 bits per heavy atom. The molecule has 144 valence electrons. The molecule has 0 spiro atoms. The predicted octanol–water partition coefficient (Wildman–Crippen LogP) is 5.93. The van der Waals surface area contributed by atoms with E-state index < -0.39 is 0 Å². The molecule has 3 heterocycles.